The van der Waals surface area contributed by atoms with Crippen molar-refractivity contribution in [1.82, 2.24) is 29.3 Å². The van der Waals surface area contributed by atoms with Gasteiger partial charge in [0.05, 0.1) is 19.0 Å². The van der Waals surface area contributed by atoms with E-state index in [1.807, 2.05) is 60.7 Å². The van der Waals surface area contributed by atoms with Gasteiger partial charge in [-0.2, -0.15) is 0 Å². The first kappa shape index (κ1) is 61.4. The van der Waals surface area contributed by atoms with Crippen LogP contribution in [0.1, 0.15) is 91.7 Å². The number of benzene rings is 2. The van der Waals surface area contributed by atoms with Crippen LogP contribution in [0, 0.1) is 11.8 Å². The van der Waals surface area contributed by atoms with Crippen LogP contribution in [0.25, 0.3) is 0 Å². The minimum absolute atomic E-state index is 0.0594. The second-order valence-electron chi connectivity index (χ2n) is 18.2. The average Bonchev–Trinajstić information content (AvgIpc) is 4.00. The van der Waals surface area contributed by atoms with E-state index >= 15 is 0 Å². The Kier molecular flexibility index (Phi) is 29.1. The molecule has 2 radical (unpaired) electrons. The van der Waals surface area contributed by atoms with Gasteiger partial charge >= 0.3 is 89.9 Å². The van der Waals surface area contributed by atoms with E-state index < -0.39 is 79.0 Å². The van der Waals surface area contributed by atoms with Gasteiger partial charge < -0.3 is 50.9 Å². The number of primary amides is 1. The van der Waals surface area contributed by atoms with Gasteiger partial charge in [0.15, 0.2) is 0 Å². The monoisotopic (exact) mass is 1260 g/mol. The number of guanidine groups is 1. The van der Waals surface area contributed by atoms with Crippen LogP contribution in [0.3, 0.4) is 0 Å². The van der Waals surface area contributed by atoms with Crippen molar-refractivity contribution >= 4 is 86.6 Å². The number of amides is 6. The number of methoxy groups -OCH3 is 1. The molecular formula is C47H74IN9O10Pb. The predicted octanol–water partition coefficient (Wildman–Crippen LogP) is 3.71. The summed E-state index contributed by atoms with van der Waals surface area (Å²) in [5.74, 6) is -1.04. The second-order valence-corrected chi connectivity index (χ2v) is 24.6. The molecule has 4 rings (SSSR count). The molecule has 68 heavy (non-hydrogen) atoms. The number of halogens is 1. The summed E-state index contributed by atoms with van der Waals surface area (Å²) in [7, 11) is 3.25. The Morgan fingerprint density at radius 1 is 0.882 bits per heavy atom. The van der Waals surface area contributed by atoms with Crippen molar-refractivity contribution in [3.8, 4) is 0 Å². The Bertz CT molecular complexity index is 1880. The molecule has 2 fully saturated rings. The van der Waals surface area contributed by atoms with Gasteiger partial charge in [-0.1, -0.05) is 73.5 Å². The third kappa shape index (κ3) is 26.8. The van der Waals surface area contributed by atoms with Crippen molar-refractivity contribution in [1.29, 1.82) is 0 Å². The summed E-state index contributed by atoms with van der Waals surface area (Å²) in [4.78, 5) is 93.0. The summed E-state index contributed by atoms with van der Waals surface area (Å²) >= 11 is 1.77. The van der Waals surface area contributed by atoms with Crippen molar-refractivity contribution in [2.24, 2.45) is 28.3 Å². The molecule has 1 saturated carbocycles. The molecule has 2 aromatic rings. The van der Waals surface area contributed by atoms with Crippen LogP contribution in [-0.4, -0.2) is 143 Å². The molecule has 378 valence electrons. The molecule has 0 spiro atoms. The van der Waals surface area contributed by atoms with Crippen molar-refractivity contribution < 1.29 is 47.8 Å². The molecule has 19 nitrogen and oxygen atoms in total. The van der Waals surface area contributed by atoms with E-state index in [9.17, 15) is 28.8 Å². The van der Waals surface area contributed by atoms with Crippen LogP contribution in [-0.2, 0) is 51.0 Å². The maximum atomic E-state index is 14.1. The van der Waals surface area contributed by atoms with Crippen LogP contribution in [0.2, 0.25) is 0 Å². The Morgan fingerprint density at radius 2 is 1.41 bits per heavy atom. The maximum Gasteiger partial charge on any atom is 0.204 e. The molecule has 1 saturated heterocycles. The summed E-state index contributed by atoms with van der Waals surface area (Å²) in [5.41, 5.74) is 8.51. The number of carbonyl (C=O) groups is 7. The molecule has 21 heteroatoms. The van der Waals surface area contributed by atoms with Crippen molar-refractivity contribution in [2.45, 2.75) is 122 Å². The Morgan fingerprint density at radius 3 is 1.90 bits per heavy atom. The number of aldehydes is 1. The van der Waals surface area contributed by atoms with Crippen LogP contribution < -0.4 is 35.9 Å². The summed E-state index contributed by atoms with van der Waals surface area (Å²) < 4.78 is 18.1. The zero-order chi connectivity index (χ0) is 51.3. The van der Waals surface area contributed by atoms with Gasteiger partial charge in [0.1, 0.15) is 29.1 Å². The van der Waals surface area contributed by atoms with E-state index in [1.165, 1.54) is 4.90 Å². The van der Waals surface area contributed by atoms with E-state index in [-0.39, 0.29) is 44.8 Å². The van der Waals surface area contributed by atoms with Crippen LogP contribution in [0.15, 0.2) is 65.7 Å². The van der Waals surface area contributed by atoms with Gasteiger partial charge in [0, 0.05) is 33.2 Å². The summed E-state index contributed by atoms with van der Waals surface area (Å²) in [6.45, 7) is 13.1. The molecule has 2 aliphatic rings. The minimum Gasteiger partial charge on any atom is -0.388 e. The topological polar surface area (TPSA) is 275 Å². The molecule has 0 aromatic heterocycles. The predicted molar refractivity (Wildman–Crippen MR) is 271 cm³/mol. The number of nitrogens with two attached hydrogens (primary N) is 2. The molecule has 9 N–H and O–H groups in total. The third-order valence-corrected chi connectivity index (χ3v) is 13.5. The van der Waals surface area contributed by atoms with Gasteiger partial charge in [-0.3, -0.25) is 19.2 Å². The van der Waals surface area contributed by atoms with E-state index in [0.717, 1.165) is 36.9 Å². The van der Waals surface area contributed by atoms with Crippen LogP contribution in [0.4, 0.5) is 9.59 Å². The number of aliphatic imine (C=N–C) groups is 1. The number of likely N-dealkylation sites (tertiary alicyclic amines) is 1. The van der Waals surface area contributed by atoms with E-state index in [2.05, 4.69) is 64.5 Å². The fourth-order valence-electron chi connectivity index (χ4n) is 6.63. The Balaban J connectivity index is 0.00000134. The summed E-state index contributed by atoms with van der Waals surface area (Å²) in [6, 6.07) is 17.1. The molecule has 2 aromatic carbocycles. The van der Waals surface area contributed by atoms with Crippen LogP contribution >= 0.6 is 17.8 Å². The van der Waals surface area contributed by atoms with E-state index in [0.29, 0.717) is 31.0 Å². The normalized spacial score (nSPS) is 16.7. The van der Waals surface area contributed by atoms with Gasteiger partial charge in [-0.05, 0) is 77.8 Å². The number of carbonyl (C=O) groups excluding carboxylic acids is 7. The first-order valence-corrected chi connectivity index (χ1v) is 35.3. The standard InChI is InChI=1S/C40H55N5O8.C4H10N3.C2H6O.CH3NO.HI.Pb/c1-38(2,3)52-36(50)43-32(23-28-15-11-8-12-16-28)35(49)42-31(22-27-13-9-7-10-14-27)30(21-29-17-18-29)34(48)41-24-33(47)45-20-19-40(25-45,26-46)44-37(51)53-39(4,5)6;1-2-3-7-4(5)6;1-3-2;2-1-3;;/h7-16,26,29-32H,17-25H2,1-6H3,(H,41,48)(H,42,49)(H,43,50)(H,44,51);2-3H2,1H3,(H3-,5,6,7);1-2H3;1H,(H2,2,3);1H;/q;-1;;;;+2/p-1/t30?,31-,32?,40?;;;;;/m1...../s1. The number of rotatable bonds is 18. The third-order valence-electron chi connectivity index (χ3n) is 9.75. The number of nitrogens with one attached hydrogen (secondary N) is 5. The molecule has 1 aliphatic carbocycles. The number of ether oxygens (including phenoxy) is 3. The number of hydrogen-bond acceptors (Lipinski definition) is 11. The molecule has 1 aliphatic heterocycles. The Labute approximate surface area is 423 Å². The zero-order valence-electron chi connectivity index (χ0n) is 41.0. The first-order chi connectivity index (χ1) is 32.1. The molecule has 1 heterocycles. The minimum atomic E-state index is -1.30. The van der Waals surface area contributed by atoms with Gasteiger partial charge in [0.25, 0.3) is 0 Å². The van der Waals surface area contributed by atoms with E-state index in [4.69, 9.17) is 20.0 Å². The smallest absolute Gasteiger partial charge is 0.204 e. The Hall–Kier alpha value is -4.59. The van der Waals surface area contributed by atoms with Crippen molar-refractivity contribution in [3.05, 3.63) is 71.8 Å². The van der Waals surface area contributed by atoms with Gasteiger partial charge in [-0.25, -0.2) is 9.59 Å². The number of nitrogens with zero attached hydrogens (tertiary/aromatic N) is 2. The molecule has 4 atom stereocenters. The molecule has 3 unspecified atom stereocenters. The number of hydrogen-bond donors (Lipinski definition) is 7. The molecule has 6 amide bonds. The molecule has 0 bridgehead atoms. The summed E-state index contributed by atoms with van der Waals surface area (Å²) in [5, 5.41) is 11.3. The van der Waals surface area contributed by atoms with E-state index in [1.54, 1.807) is 55.8 Å². The quantitative estimate of drug-likeness (QED) is 0.0370. The largest absolute Gasteiger partial charge is 0.388 e. The SMILES string of the molecule is CC(C)(C)OC(=O)NC(Cc1ccccc1)C(=O)N[C@H](Cc1ccccc1)C(CC1CC1)C(=O)NCC(=O)N1CCC(C=O)(NC(=O)OC(C)(C)C)C1.CCCN=C(N)[NH][Pb][I].COC.NC=O. The van der Waals surface area contributed by atoms with Crippen molar-refractivity contribution in [2.75, 3.05) is 40.4 Å². The van der Waals surface area contributed by atoms with Crippen molar-refractivity contribution in [3.63, 3.8) is 0 Å². The second kappa shape index (κ2) is 32.3. The molecular weight excluding hydrogens is 1180 g/mol. The summed E-state index contributed by atoms with van der Waals surface area (Å²) in [6.07, 6.45) is 3.58. The van der Waals surface area contributed by atoms with Gasteiger partial charge in [0.2, 0.25) is 24.1 Å². The van der Waals surface area contributed by atoms with Crippen LogP contribution in [0.5, 0.6) is 0 Å². The number of alkyl carbamates (subject to hydrolysis) is 2. The average molecular weight is 1260 g/mol. The maximum absolute atomic E-state index is 14.1. The fraction of sp³-hybridized carbons (Fsp3) is 0.574. The first-order valence-electron chi connectivity index (χ1n) is 22.5. The van der Waals surface area contributed by atoms with Gasteiger partial charge in [-0.15, -0.1) is 0 Å². The fourth-order valence-corrected chi connectivity index (χ4v) is 9.74. The zero-order valence-corrected chi connectivity index (χ0v) is 47.1.